The third kappa shape index (κ3) is 8.84. The first-order valence-corrected chi connectivity index (χ1v) is 11.9. The molecule has 0 aromatic carbocycles. The number of nitrogens with two attached hydrogens (primary N) is 1. The number of carbonyl (C=O) groups is 2. The van der Waals surface area contributed by atoms with Gasteiger partial charge in [0, 0.05) is 25.9 Å². The van der Waals surface area contributed by atoms with E-state index in [4.69, 9.17) is 5.73 Å². The van der Waals surface area contributed by atoms with E-state index in [0.717, 1.165) is 57.8 Å². The van der Waals surface area contributed by atoms with Gasteiger partial charge in [-0.05, 0) is 19.3 Å². The molecule has 1 fully saturated rings. The largest absolute Gasteiger partial charge is 0.469 e. The molecule has 1 saturated carbocycles. The highest BCUT2D eigenvalue weighted by Crippen LogP contribution is 2.42. The van der Waals surface area contributed by atoms with Gasteiger partial charge >= 0.3 is 16.2 Å². The first-order valence-electron chi connectivity index (χ1n) is 10.4. The third-order valence-corrected chi connectivity index (χ3v) is 6.93. The number of nitrogens with zero attached hydrogens (tertiary/aromatic N) is 1. The lowest BCUT2D eigenvalue weighted by Gasteiger charge is -2.19. The molecule has 0 aromatic heterocycles. The molecular formula is C20H37N3O5S. The van der Waals surface area contributed by atoms with Crippen LogP contribution in [0.4, 0.5) is 0 Å². The Labute approximate surface area is 175 Å². The Bertz CT molecular complexity index is 653. The van der Waals surface area contributed by atoms with Crippen LogP contribution in [0.15, 0.2) is 12.7 Å². The number of rotatable bonds is 16. The zero-order valence-electron chi connectivity index (χ0n) is 17.8. The maximum atomic E-state index is 12.2. The molecule has 0 aliphatic heterocycles. The smallest absolute Gasteiger partial charge is 0.305 e. The molecule has 168 valence electrons. The fourth-order valence-corrected chi connectivity index (χ4v) is 4.16. The number of esters is 1. The van der Waals surface area contributed by atoms with E-state index in [2.05, 4.69) is 16.0 Å². The van der Waals surface area contributed by atoms with Crippen molar-refractivity contribution in [3.63, 3.8) is 0 Å². The van der Waals surface area contributed by atoms with Gasteiger partial charge in [-0.2, -0.15) is 12.7 Å². The van der Waals surface area contributed by atoms with Crippen molar-refractivity contribution in [3.05, 3.63) is 12.7 Å². The van der Waals surface area contributed by atoms with Crippen LogP contribution < -0.4 is 10.5 Å². The zero-order chi connectivity index (χ0) is 21.9. The van der Waals surface area contributed by atoms with E-state index >= 15 is 0 Å². The number of nitrogens with one attached hydrogen (secondary N) is 1. The van der Waals surface area contributed by atoms with Gasteiger partial charge in [-0.15, -0.1) is 6.58 Å². The Morgan fingerprint density at radius 1 is 1.14 bits per heavy atom. The molecule has 1 rings (SSSR count). The van der Waals surface area contributed by atoms with Crippen LogP contribution in [0.25, 0.3) is 0 Å². The molecule has 0 saturated heterocycles. The second kappa shape index (κ2) is 12.3. The molecule has 9 heteroatoms. The third-order valence-electron chi connectivity index (χ3n) is 5.48. The summed E-state index contributed by atoms with van der Waals surface area (Å²) in [5, 5.41) is 0. The second-order valence-corrected chi connectivity index (χ2v) is 9.63. The Morgan fingerprint density at radius 3 is 2.14 bits per heavy atom. The van der Waals surface area contributed by atoms with E-state index in [1.54, 1.807) is 6.08 Å². The standard InChI is InChI=1S/C20H37N3O5S/c1-4-17-16-20(17,21)19(25)22-29(26,27)23(2)15-13-11-9-7-5-6-8-10-12-14-18(24)28-3/h4,17H,1,5-16,21H2,2-3H3,(H,22,25)/t17-,20-/m1/s1. The maximum absolute atomic E-state index is 12.2. The van der Waals surface area contributed by atoms with E-state index in [1.165, 1.54) is 18.5 Å². The predicted octanol–water partition coefficient (Wildman–Crippen LogP) is 2.26. The number of hydrogen-bond donors (Lipinski definition) is 2. The molecule has 3 N–H and O–H groups in total. The van der Waals surface area contributed by atoms with Gasteiger partial charge in [-0.1, -0.05) is 51.0 Å². The molecule has 1 aliphatic carbocycles. The van der Waals surface area contributed by atoms with Gasteiger partial charge in [0.1, 0.15) is 5.54 Å². The minimum atomic E-state index is -3.87. The van der Waals surface area contributed by atoms with Gasteiger partial charge in [0.25, 0.3) is 5.91 Å². The van der Waals surface area contributed by atoms with Crippen molar-refractivity contribution in [1.82, 2.24) is 9.03 Å². The average molecular weight is 432 g/mol. The van der Waals surface area contributed by atoms with Crippen LogP contribution in [-0.2, 0) is 24.5 Å². The lowest BCUT2D eigenvalue weighted by Crippen LogP contribution is -2.50. The van der Waals surface area contributed by atoms with Crippen molar-refractivity contribution in [2.45, 2.75) is 76.2 Å². The highest BCUT2D eigenvalue weighted by atomic mass is 32.2. The summed E-state index contributed by atoms with van der Waals surface area (Å²) in [5.74, 6) is -0.982. The summed E-state index contributed by atoms with van der Waals surface area (Å²) in [6.07, 6.45) is 11.7. The van der Waals surface area contributed by atoms with Crippen LogP contribution >= 0.6 is 0 Å². The summed E-state index contributed by atoms with van der Waals surface area (Å²) in [6.45, 7) is 3.95. The first-order chi connectivity index (χ1) is 13.7. The molecule has 0 radical (unpaired) electrons. The number of unbranched alkanes of at least 4 members (excludes halogenated alkanes) is 8. The molecule has 8 nitrogen and oxygen atoms in total. The molecule has 29 heavy (non-hydrogen) atoms. The minimum Gasteiger partial charge on any atom is -0.469 e. The summed E-state index contributed by atoms with van der Waals surface area (Å²) in [7, 11) is -0.993. The molecule has 1 aliphatic rings. The molecule has 0 aromatic rings. The number of hydrogen-bond acceptors (Lipinski definition) is 6. The molecule has 0 unspecified atom stereocenters. The van der Waals surface area contributed by atoms with Crippen molar-refractivity contribution in [1.29, 1.82) is 0 Å². The summed E-state index contributed by atoms with van der Waals surface area (Å²) >= 11 is 0. The predicted molar refractivity (Wildman–Crippen MR) is 113 cm³/mol. The van der Waals surface area contributed by atoms with Crippen LogP contribution in [0.2, 0.25) is 0 Å². The van der Waals surface area contributed by atoms with Crippen molar-refractivity contribution in [3.8, 4) is 0 Å². The van der Waals surface area contributed by atoms with Gasteiger partial charge in [0.15, 0.2) is 0 Å². The van der Waals surface area contributed by atoms with E-state index in [1.807, 2.05) is 0 Å². The van der Waals surface area contributed by atoms with Crippen LogP contribution in [-0.4, -0.2) is 50.8 Å². The molecule has 1 amide bonds. The fourth-order valence-electron chi connectivity index (χ4n) is 3.21. The van der Waals surface area contributed by atoms with E-state index in [0.29, 0.717) is 19.4 Å². The Morgan fingerprint density at radius 2 is 1.66 bits per heavy atom. The van der Waals surface area contributed by atoms with Crippen molar-refractivity contribution in [2.75, 3.05) is 20.7 Å². The quantitative estimate of drug-likeness (QED) is 0.220. The van der Waals surface area contributed by atoms with Gasteiger partial charge in [-0.3, -0.25) is 9.59 Å². The van der Waals surface area contributed by atoms with Crippen molar-refractivity contribution < 1.29 is 22.7 Å². The highest BCUT2D eigenvalue weighted by Gasteiger charge is 2.56. The molecule has 0 bridgehead atoms. The summed E-state index contributed by atoms with van der Waals surface area (Å²) < 4.78 is 32.3. The van der Waals surface area contributed by atoms with Crippen LogP contribution in [0.3, 0.4) is 0 Å². The van der Waals surface area contributed by atoms with Gasteiger partial charge in [0.2, 0.25) is 0 Å². The summed E-state index contributed by atoms with van der Waals surface area (Å²) in [5.41, 5.74) is 4.75. The first kappa shape index (κ1) is 25.6. The van der Waals surface area contributed by atoms with Gasteiger partial charge in [0.05, 0.1) is 7.11 Å². The number of ether oxygens (including phenoxy) is 1. The van der Waals surface area contributed by atoms with Crippen LogP contribution in [0.5, 0.6) is 0 Å². The second-order valence-electron chi connectivity index (χ2n) is 7.85. The zero-order valence-corrected chi connectivity index (χ0v) is 18.6. The van der Waals surface area contributed by atoms with Crippen LogP contribution in [0, 0.1) is 5.92 Å². The molecule has 0 spiro atoms. The fraction of sp³-hybridized carbons (Fsp3) is 0.800. The summed E-state index contributed by atoms with van der Waals surface area (Å²) in [4.78, 5) is 23.1. The lowest BCUT2D eigenvalue weighted by atomic mass is 10.1. The Hall–Kier alpha value is -1.45. The van der Waals surface area contributed by atoms with Crippen molar-refractivity contribution in [2.24, 2.45) is 11.7 Å². The number of amides is 1. The highest BCUT2D eigenvalue weighted by molar-refractivity contribution is 7.87. The SMILES string of the molecule is C=C[C@@H]1C[C@]1(N)C(=O)NS(=O)(=O)N(C)CCCCCCCCCCCC(=O)OC. The van der Waals surface area contributed by atoms with Crippen LogP contribution in [0.1, 0.15) is 70.6 Å². The molecule has 0 heterocycles. The molecular weight excluding hydrogens is 394 g/mol. The Kier molecular flexibility index (Phi) is 10.8. The monoisotopic (exact) mass is 431 g/mol. The topological polar surface area (TPSA) is 119 Å². The Balaban J connectivity index is 2.07. The van der Waals surface area contributed by atoms with E-state index < -0.39 is 21.7 Å². The molecule has 2 atom stereocenters. The minimum absolute atomic E-state index is 0.146. The normalized spacial score (nSPS) is 21.0. The van der Waals surface area contributed by atoms with E-state index in [9.17, 15) is 18.0 Å². The lowest BCUT2D eigenvalue weighted by molar-refractivity contribution is -0.140. The average Bonchev–Trinajstić information content (AvgIpc) is 3.37. The maximum Gasteiger partial charge on any atom is 0.305 e. The number of methoxy groups -OCH3 is 1. The van der Waals surface area contributed by atoms with Crippen molar-refractivity contribution >= 4 is 22.1 Å². The number of carbonyl (C=O) groups excluding carboxylic acids is 2. The van der Waals surface area contributed by atoms with Gasteiger partial charge in [-0.25, -0.2) is 4.72 Å². The van der Waals surface area contributed by atoms with Gasteiger partial charge < -0.3 is 10.5 Å². The van der Waals surface area contributed by atoms with E-state index in [-0.39, 0.29) is 11.9 Å². The summed E-state index contributed by atoms with van der Waals surface area (Å²) in [6, 6.07) is 0.